The molecule has 4 heteroatoms. The Kier molecular flexibility index (Phi) is 3.87. The number of hydrogen-bond acceptors (Lipinski definition) is 3. The second kappa shape index (κ2) is 5.40. The smallest absolute Gasteiger partial charge is 0.217 e. The van der Waals surface area contributed by atoms with Crippen LogP contribution in [0.1, 0.15) is 31.9 Å². The summed E-state index contributed by atoms with van der Waals surface area (Å²) in [6, 6.07) is 8.64. The van der Waals surface area contributed by atoms with E-state index >= 15 is 0 Å². The summed E-state index contributed by atoms with van der Waals surface area (Å²) in [5, 5.41) is 2.98. The molecule has 0 spiro atoms. The predicted molar refractivity (Wildman–Crippen MR) is 73.1 cm³/mol. The summed E-state index contributed by atoms with van der Waals surface area (Å²) < 4.78 is 0. The molecule has 2 unspecified atom stereocenters. The second-order valence-electron chi connectivity index (χ2n) is 5.03. The molecule has 0 radical (unpaired) electrons. The number of carbonyl (C=O) groups excluding carboxylic acids is 1. The number of benzene rings is 1. The van der Waals surface area contributed by atoms with E-state index in [9.17, 15) is 4.79 Å². The molecule has 3 N–H and O–H groups in total. The first-order chi connectivity index (χ1) is 8.56. The molecule has 2 rings (SSSR count). The first-order valence-electron chi connectivity index (χ1n) is 6.43. The number of nitrogens with two attached hydrogens (primary N) is 1. The maximum absolute atomic E-state index is 11.0. The number of anilines is 1. The van der Waals surface area contributed by atoms with Crippen molar-refractivity contribution in [3.05, 3.63) is 29.8 Å². The van der Waals surface area contributed by atoms with Crippen LogP contribution in [-0.2, 0) is 4.79 Å². The maximum Gasteiger partial charge on any atom is 0.217 e. The Labute approximate surface area is 108 Å². The van der Waals surface area contributed by atoms with Crippen LogP contribution in [-0.4, -0.2) is 29.9 Å². The van der Waals surface area contributed by atoms with Crippen LogP contribution in [0.2, 0.25) is 0 Å². The van der Waals surface area contributed by atoms with Crippen molar-refractivity contribution in [2.75, 3.05) is 18.8 Å². The third-order valence-corrected chi connectivity index (χ3v) is 3.57. The van der Waals surface area contributed by atoms with Crippen LogP contribution in [0.15, 0.2) is 24.3 Å². The summed E-state index contributed by atoms with van der Waals surface area (Å²) >= 11 is 0. The largest absolute Gasteiger partial charge is 0.399 e. The molecule has 1 aliphatic rings. The normalized spacial score (nSPS) is 21.8. The summed E-state index contributed by atoms with van der Waals surface area (Å²) in [5.74, 6) is 0.0541. The molecule has 4 nitrogen and oxygen atoms in total. The lowest BCUT2D eigenvalue weighted by atomic mass is 10.1. The van der Waals surface area contributed by atoms with Gasteiger partial charge in [0.15, 0.2) is 0 Å². The van der Waals surface area contributed by atoms with E-state index in [-0.39, 0.29) is 11.9 Å². The predicted octanol–water partition coefficient (Wildman–Crippen LogP) is 1.54. The highest BCUT2D eigenvalue weighted by molar-refractivity contribution is 5.73. The number of nitrogens with one attached hydrogen (secondary N) is 1. The topological polar surface area (TPSA) is 58.4 Å². The Hall–Kier alpha value is -1.55. The monoisotopic (exact) mass is 247 g/mol. The van der Waals surface area contributed by atoms with E-state index in [0.29, 0.717) is 6.04 Å². The van der Waals surface area contributed by atoms with E-state index in [1.54, 1.807) is 6.92 Å². The summed E-state index contributed by atoms with van der Waals surface area (Å²) in [7, 11) is 0. The molecule has 0 aromatic heterocycles. The Morgan fingerprint density at radius 3 is 3.00 bits per heavy atom. The van der Waals surface area contributed by atoms with E-state index in [1.165, 1.54) is 5.56 Å². The van der Waals surface area contributed by atoms with E-state index < -0.39 is 0 Å². The minimum Gasteiger partial charge on any atom is -0.399 e. The van der Waals surface area contributed by atoms with Gasteiger partial charge in [-0.2, -0.15) is 0 Å². The molecule has 0 saturated carbocycles. The van der Waals surface area contributed by atoms with E-state index in [0.717, 1.165) is 25.2 Å². The van der Waals surface area contributed by atoms with E-state index in [1.807, 2.05) is 18.2 Å². The fourth-order valence-corrected chi connectivity index (χ4v) is 2.57. The highest BCUT2D eigenvalue weighted by atomic mass is 16.1. The van der Waals surface area contributed by atoms with Crippen molar-refractivity contribution >= 4 is 11.6 Å². The minimum atomic E-state index is 0.0541. The van der Waals surface area contributed by atoms with Gasteiger partial charge in [-0.25, -0.2) is 0 Å². The number of nitrogen functional groups attached to an aromatic ring is 1. The van der Waals surface area contributed by atoms with Crippen molar-refractivity contribution in [1.82, 2.24) is 10.2 Å². The quantitative estimate of drug-likeness (QED) is 0.797. The standard InChI is InChI=1S/C14H21N3O/c1-10(12-4-3-5-13(15)8-12)17-7-6-14(9-17)16-11(2)18/h3-5,8,10,14H,6-7,9,15H2,1-2H3,(H,16,18). The third-order valence-electron chi connectivity index (χ3n) is 3.57. The van der Waals surface area contributed by atoms with Gasteiger partial charge < -0.3 is 11.1 Å². The first kappa shape index (κ1) is 12.9. The summed E-state index contributed by atoms with van der Waals surface area (Å²) in [4.78, 5) is 13.4. The second-order valence-corrected chi connectivity index (χ2v) is 5.03. The number of rotatable bonds is 3. The molecule has 1 aromatic rings. The third kappa shape index (κ3) is 3.01. The van der Waals surface area contributed by atoms with Crippen molar-refractivity contribution in [1.29, 1.82) is 0 Å². The zero-order chi connectivity index (χ0) is 13.1. The van der Waals surface area contributed by atoms with Gasteiger partial charge in [0, 0.05) is 37.8 Å². The number of carbonyl (C=O) groups is 1. The average Bonchev–Trinajstić information content (AvgIpc) is 2.75. The molecular weight excluding hydrogens is 226 g/mol. The molecular formula is C14H21N3O. The summed E-state index contributed by atoms with van der Waals surface area (Å²) in [5.41, 5.74) is 7.85. The molecule has 0 aliphatic carbocycles. The van der Waals surface area contributed by atoms with Crippen LogP contribution in [0.25, 0.3) is 0 Å². The fourth-order valence-electron chi connectivity index (χ4n) is 2.57. The maximum atomic E-state index is 11.0. The Morgan fingerprint density at radius 1 is 1.56 bits per heavy atom. The van der Waals surface area contributed by atoms with Gasteiger partial charge in [0.05, 0.1) is 0 Å². The van der Waals surface area contributed by atoms with E-state index in [4.69, 9.17) is 5.73 Å². The SMILES string of the molecule is CC(=O)NC1CCN(C(C)c2cccc(N)c2)C1. The number of nitrogens with zero attached hydrogens (tertiary/aromatic N) is 1. The average molecular weight is 247 g/mol. The first-order valence-corrected chi connectivity index (χ1v) is 6.43. The van der Waals surface area contributed by atoms with Crippen molar-refractivity contribution in [3.8, 4) is 0 Å². The van der Waals surface area contributed by atoms with Crippen molar-refractivity contribution < 1.29 is 4.79 Å². The van der Waals surface area contributed by atoms with Gasteiger partial charge in [-0.1, -0.05) is 12.1 Å². The molecule has 1 heterocycles. The van der Waals surface area contributed by atoms with Crippen molar-refractivity contribution in [2.24, 2.45) is 0 Å². The van der Waals surface area contributed by atoms with Crippen LogP contribution in [0.3, 0.4) is 0 Å². The highest BCUT2D eigenvalue weighted by Crippen LogP contribution is 2.25. The summed E-state index contributed by atoms with van der Waals surface area (Å²) in [6.45, 7) is 5.69. The zero-order valence-corrected chi connectivity index (χ0v) is 11.0. The highest BCUT2D eigenvalue weighted by Gasteiger charge is 2.27. The number of hydrogen-bond donors (Lipinski definition) is 2. The van der Waals surface area contributed by atoms with Crippen LogP contribution in [0.5, 0.6) is 0 Å². The minimum absolute atomic E-state index is 0.0541. The number of likely N-dealkylation sites (tertiary alicyclic amines) is 1. The van der Waals surface area contributed by atoms with Gasteiger partial charge in [-0.15, -0.1) is 0 Å². The van der Waals surface area contributed by atoms with Gasteiger partial charge >= 0.3 is 0 Å². The van der Waals surface area contributed by atoms with Crippen LogP contribution >= 0.6 is 0 Å². The van der Waals surface area contributed by atoms with Crippen LogP contribution in [0, 0.1) is 0 Å². The molecule has 1 fully saturated rings. The molecule has 2 atom stereocenters. The lowest BCUT2D eigenvalue weighted by Gasteiger charge is -2.25. The van der Waals surface area contributed by atoms with Gasteiger partial charge in [-0.3, -0.25) is 9.69 Å². The van der Waals surface area contributed by atoms with Crippen molar-refractivity contribution in [3.63, 3.8) is 0 Å². The molecule has 0 bridgehead atoms. The van der Waals surface area contributed by atoms with Crippen LogP contribution < -0.4 is 11.1 Å². The molecule has 1 amide bonds. The summed E-state index contributed by atoms with van der Waals surface area (Å²) in [6.07, 6.45) is 1.02. The van der Waals surface area contributed by atoms with Gasteiger partial charge in [0.2, 0.25) is 5.91 Å². The molecule has 1 aromatic carbocycles. The van der Waals surface area contributed by atoms with Gasteiger partial charge in [0.25, 0.3) is 0 Å². The molecule has 1 aliphatic heterocycles. The lowest BCUT2D eigenvalue weighted by molar-refractivity contribution is -0.119. The lowest BCUT2D eigenvalue weighted by Crippen LogP contribution is -2.36. The van der Waals surface area contributed by atoms with Gasteiger partial charge in [0.1, 0.15) is 0 Å². The Bertz CT molecular complexity index is 433. The van der Waals surface area contributed by atoms with E-state index in [2.05, 4.69) is 23.2 Å². The fraction of sp³-hybridized carbons (Fsp3) is 0.500. The van der Waals surface area contributed by atoms with Crippen LogP contribution in [0.4, 0.5) is 5.69 Å². The number of amides is 1. The zero-order valence-electron chi connectivity index (χ0n) is 11.0. The van der Waals surface area contributed by atoms with Gasteiger partial charge in [-0.05, 0) is 31.0 Å². The molecule has 98 valence electrons. The Morgan fingerprint density at radius 2 is 2.33 bits per heavy atom. The molecule has 18 heavy (non-hydrogen) atoms. The molecule has 1 saturated heterocycles. The van der Waals surface area contributed by atoms with Crippen molar-refractivity contribution in [2.45, 2.75) is 32.4 Å². The Balaban J connectivity index is 1.99.